The number of aryl methyl sites for hydroxylation is 2. The van der Waals surface area contributed by atoms with Crippen LogP contribution in [0.3, 0.4) is 0 Å². The van der Waals surface area contributed by atoms with Gasteiger partial charge in [-0.3, -0.25) is 0 Å². The normalized spacial score (nSPS) is 15.6. The highest BCUT2D eigenvalue weighted by molar-refractivity contribution is 5.80. The van der Waals surface area contributed by atoms with Gasteiger partial charge in [-0.2, -0.15) is 0 Å². The smallest absolute Gasteiger partial charge is 0.191 e. The summed E-state index contributed by atoms with van der Waals surface area (Å²) in [7, 11) is 1.96. The van der Waals surface area contributed by atoms with Gasteiger partial charge < -0.3 is 15.2 Å². The second kappa shape index (κ2) is 9.66. The van der Waals surface area contributed by atoms with Gasteiger partial charge in [-0.25, -0.2) is 9.38 Å². The first-order chi connectivity index (χ1) is 13.5. The molecule has 2 N–H and O–H groups in total. The maximum Gasteiger partial charge on any atom is 0.191 e. The summed E-state index contributed by atoms with van der Waals surface area (Å²) in [5.41, 5.74) is 2.13. The number of aliphatic imine (C=N–C) groups is 1. The first-order valence-corrected chi connectivity index (χ1v) is 10.2. The summed E-state index contributed by atoms with van der Waals surface area (Å²) in [6, 6.07) is 5.43. The van der Waals surface area contributed by atoms with Gasteiger partial charge in [0.05, 0.1) is 0 Å². The molecule has 1 saturated carbocycles. The van der Waals surface area contributed by atoms with Gasteiger partial charge in [0.15, 0.2) is 11.8 Å². The average molecular weight is 387 g/mol. The van der Waals surface area contributed by atoms with Crippen LogP contribution in [0.5, 0.6) is 0 Å². The predicted octanol–water partition coefficient (Wildman–Crippen LogP) is 3.18. The van der Waals surface area contributed by atoms with E-state index in [0.29, 0.717) is 12.6 Å². The minimum atomic E-state index is -0.186. The Morgan fingerprint density at radius 2 is 2.00 bits per heavy atom. The average Bonchev–Trinajstić information content (AvgIpc) is 3.00. The minimum absolute atomic E-state index is 0.186. The van der Waals surface area contributed by atoms with Crippen LogP contribution < -0.4 is 10.6 Å². The molecular formula is C21H31FN6. The van der Waals surface area contributed by atoms with Crippen LogP contribution in [-0.4, -0.2) is 33.3 Å². The van der Waals surface area contributed by atoms with Crippen LogP contribution in [0.1, 0.15) is 54.9 Å². The molecule has 0 unspecified atom stereocenters. The summed E-state index contributed by atoms with van der Waals surface area (Å²) in [5, 5.41) is 15.3. The molecular weight excluding hydrogens is 355 g/mol. The summed E-state index contributed by atoms with van der Waals surface area (Å²) >= 11 is 0. The first kappa shape index (κ1) is 20.3. The van der Waals surface area contributed by atoms with Crippen LogP contribution in [0, 0.1) is 19.7 Å². The molecule has 3 rings (SSSR count). The first-order valence-electron chi connectivity index (χ1n) is 10.2. The summed E-state index contributed by atoms with van der Waals surface area (Å²) in [4.78, 5) is 4.74. The van der Waals surface area contributed by atoms with Crippen molar-refractivity contribution in [3.63, 3.8) is 0 Å². The molecule has 152 valence electrons. The van der Waals surface area contributed by atoms with Crippen molar-refractivity contribution in [2.45, 2.75) is 65.0 Å². The molecule has 1 aromatic heterocycles. The third kappa shape index (κ3) is 5.53. The highest BCUT2D eigenvalue weighted by Crippen LogP contribution is 2.17. The van der Waals surface area contributed by atoms with Gasteiger partial charge in [-0.05, 0) is 56.4 Å². The number of nitrogens with zero attached hydrogens (tertiary/aromatic N) is 4. The number of guanidine groups is 1. The molecule has 0 atom stereocenters. The molecule has 1 fully saturated rings. The lowest BCUT2D eigenvalue weighted by Crippen LogP contribution is -2.45. The SMILES string of the molecule is Cc1cc(F)ccc1CCNC(=NCc1nnc(C)n1C)NC1CCCCC1. The summed E-state index contributed by atoms with van der Waals surface area (Å²) in [5.74, 6) is 2.35. The van der Waals surface area contributed by atoms with Crippen molar-refractivity contribution in [1.82, 2.24) is 25.4 Å². The Bertz CT molecular complexity index is 807. The van der Waals surface area contributed by atoms with Crippen molar-refractivity contribution in [2.75, 3.05) is 6.54 Å². The predicted molar refractivity (Wildman–Crippen MR) is 110 cm³/mol. The molecule has 1 aromatic carbocycles. The van der Waals surface area contributed by atoms with Crippen molar-refractivity contribution in [3.05, 3.63) is 46.8 Å². The number of hydrogen-bond acceptors (Lipinski definition) is 3. The molecule has 28 heavy (non-hydrogen) atoms. The second-order valence-electron chi connectivity index (χ2n) is 7.61. The number of rotatable bonds is 6. The van der Waals surface area contributed by atoms with Gasteiger partial charge in [-0.1, -0.05) is 25.3 Å². The van der Waals surface area contributed by atoms with Gasteiger partial charge in [0.2, 0.25) is 0 Å². The van der Waals surface area contributed by atoms with Crippen LogP contribution in [0.25, 0.3) is 0 Å². The zero-order valence-electron chi connectivity index (χ0n) is 17.1. The van der Waals surface area contributed by atoms with Gasteiger partial charge in [0.1, 0.15) is 18.2 Å². The molecule has 6 nitrogen and oxygen atoms in total. The number of hydrogen-bond donors (Lipinski definition) is 2. The Morgan fingerprint density at radius 3 is 2.68 bits per heavy atom. The third-order valence-electron chi connectivity index (χ3n) is 5.50. The Hall–Kier alpha value is -2.44. The Labute approximate surface area is 166 Å². The van der Waals surface area contributed by atoms with Crippen molar-refractivity contribution >= 4 is 5.96 Å². The standard InChI is InChI=1S/C21H31FN6/c1-15-13-18(22)10-9-17(15)11-12-23-21(25-19-7-5-4-6-8-19)24-14-20-27-26-16(2)28(20)3/h9-10,13,19H,4-8,11-12,14H2,1-3H3,(H2,23,24,25). The molecule has 0 amide bonds. The van der Waals surface area contributed by atoms with Crippen LogP contribution in [0.15, 0.2) is 23.2 Å². The lowest BCUT2D eigenvalue weighted by Gasteiger charge is -2.25. The number of benzene rings is 1. The van der Waals surface area contributed by atoms with Crippen LogP contribution in [0.2, 0.25) is 0 Å². The lowest BCUT2D eigenvalue weighted by atomic mass is 9.96. The highest BCUT2D eigenvalue weighted by atomic mass is 19.1. The fourth-order valence-electron chi connectivity index (χ4n) is 3.59. The van der Waals surface area contributed by atoms with E-state index in [0.717, 1.165) is 41.7 Å². The fraction of sp³-hybridized carbons (Fsp3) is 0.571. The van der Waals surface area contributed by atoms with Crippen LogP contribution in [-0.2, 0) is 20.0 Å². The molecule has 1 heterocycles. The summed E-state index contributed by atoms with van der Waals surface area (Å²) < 4.78 is 15.3. The Morgan fingerprint density at radius 1 is 1.21 bits per heavy atom. The van der Waals surface area contributed by atoms with Crippen LogP contribution in [0.4, 0.5) is 4.39 Å². The second-order valence-corrected chi connectivity index (χ2v) is 7.61. The molecule has 0 saturated heterocycles. The molecule has 1 aliphatic carbocycles. The van der Waals surface area contributed by atoms with Gasteiger partial charge >= 0.3 is 0 Å². The maximum atomic E-state index is 13.3. The maximum absolute atomic E-state index is 13.3. The van der Waals surface area contributed by atoms with Gasteiger partial charge in [0, 0.05) is 19.6 Å². The molecule has 2 aromatic rings. The van der Waals surface area contributed by atoms with E-state index in [4.69, 9.17) is 4.99 Å². The zero-order chi connectivity index (χ0) is 19.9. The highest BCUT2D eigenvalue weighted by Gasteiger charge is 2.15. The van der Waals surface area contributed by atoms with Gasteiger partial charge in [-0.15, -0.1) is 10.2 Å². The Balaban J connectivity index is 1.62. The topological polar surface area (TPSA) is 67.1 Å². The van der Waals surface area contributed by atoms with E-state index in [9.17, 15) is 4.39 Å². The lowest BCUT2D eigenvalue weighted by molar-refractivity contribution is 0.409. The molecule has 1 aliphatic rings. The molecule has 0 spiro atoms. The van der Waals surface area contributed by atoms with Crippen molar-refractivity contribution < 1.29 is 4.39 Å². The molecule has 0 bridgehead atoms. The van der Waals surface area contributed by atoms with E-state index >= 15 is 0 Å². The van der Waals surface area contributed by atoms with Crippen molar-refractivity contribution in [2.24, 2.45) is 12.0 Å². The van der Waals surface area contributed by atoms with E-state index in [1.165, 1.54) is 38.2 Å². The van der Waals surface area contributed by atoms with E-state index < -0.39 is 0 Å². The number of nitrogens with one attached hydrogen (secondary N) is 2. The van der Waals surface area contributed by atoms with E-state index in [1.54, 1.807) is 6.07 Å². The quantitative estimate of drug-likeness (QED) is 0.591. The summed E-state index contributed by atoms with van der Waals surface area (Å²) in [6.07, 6.45) is 7.03. The van der Waals surface area contributed by atoms with Crippen LogP contribution >= 0.6 is 0 Å². The van der Waals surface area contributed by atoms with Crippen molar-refractivity contribution in [3.8, 4) is 0 Å². The Kier molecular flexibility index (Phi) is 7.01. The van der Waals surface area contributed by atoms with Gasteiger partial charge in [0.25, 0.3) is 0 Å². The molecule has 7 heteroatoms. The largest absolute Gasteiger partial charge is 0.356 e. The number of halogens is 1. The fourth-order valence-corrected chi connectivity index (χ4v) is 3.59. The van der Waals surface area contributed by atoms with E-state index in [-0.39, 0.29) is 5.82 Å². The summed E-state index contributed by atoms with van der Waals surface area (Å²) in [6.45, 7) is 5.10. The number of aromatic nitrogens is 3. The van der Waals surface area contributed by atoms with Crippen molar-refractivity contribution in [1.29, 1.82) is 0 Å². The van der Waals surface area contributed by atoms with E-state index in [2.05, 4.69) is 20.8 Å². The monoisotopic (exact) mass is 386 g/mol. The van der Waals surface area contributed by atoms with E-state index in [1.807, 2.05) is 31.5 Å². The zero-order valence-corrected chi connectivity index (χ0v) is 17.1. The molecule has 0 aliphatic heterocycles. The third-order valence-corrected chi connectivity index (χ3v) is 5.50. The minimum Gasteiger partial charge on any atom is -0.356 e. The molecule has 0 radical (unpaired) electrons.